The maximum atomic E-state index is 4.66. The molecule has 2 aliphatic heterocycles. The molecular formula is C10H20N3. The maximum absolute atomic E-state index is 4.66. The normalized spacial score (nSPS) is 27.7. The average Bonchev–Trinajstić information content (AvgIpc) is 2.21. The van der Waals surface area contributed by atoms with E-state index in [0.717, 1.165) is 0 Å². The van der Waals surface area contributed by atoms with E-state index in [4.69, 9.17) is 0 Å². The fourth-order valence-corrected chi connectivity index (χ4v) is 2.11. The highest BCUT2D eigenvalue weighted by Gasteiger charge is 2.16. The van der Waals surface area contributed by atoms with Gasteiger partial charge in [0.15, 0.2) is 0 Å². The third kappa shape index (κ3) is 2.93. The third-order valence-electron chi connectivity index (χ3n) is 2.92. The lowest BCUT2D eigenvalue weighted by molar-refractivity contribution is -0.00932. The van der Waals surface area contributed by atoms with Crippen molar-refractivity contribution in [3.63, 3.8) is 0 Å². The monoisotopic (exact) mass is 182 g/mol. The number of hydrogen-bond acceptors (Lipinski definition) is 2. The molecule has 2 fully saturated rings. The fourth-order valence-electron chi connectivity index (χ4n) is 2.11. The summed E-state index contributed by atoms with van der Waals surface area (Å²) in [4.78, 5) is 0. The van der Waals surface area contributed by atoms with E-state index in [2.05, 4.69) is 15.6 Å². The highest BCUT2D eigenvalue weighted by molar-refractivity contribution is 4.63. The van der Waals surface area contributed by atoms with Crippen LogP contribution in [0.5, 0.6) is 0 Å². The van der Waals surface area contributed by atoms with Crippen molar-refractivity contribution in [1.29, 1.82) is 0 Å². The first-order valence-electron chi connectivity index (χ1n) is 5.66. The van der Waals surface area contributed by atoms with Crippen molar-refractivity contribution >= 4 is 0 Å². The van der Waals surface area contributed by atoms with E-state index in [1.807, 2.05) is 0 Å². The molecule has 2 rings (SSSR count). The molecule has 0 bridgehead atoms. The van der Waals surface area contributed by atoms with Crippen LogP contribution in [-0.2, 0) is 0 Å². The second-order valence-electron chi connectivity index (χ2n) is 4.12. The van der Waals surface area contributed by atoms with Crippen molar-refractivity contribution in [3.8, 4) is 0 Å². The van der Waals surface area contributed by atoms with Gasteiger partial charge in [0.1, 0.15) is 0 Å². The van der Waals surface area contributed by atoms with Crippen molar-refractivity contribution in [1.82, 2.24) is 15.6 Å². The SMILES string of the molecule is C1CCN([N]N2CCCCC2)CC1. The smallest absolute Gasteiger partial charge is 0.0161 e. The molecule has 0 aliphatic carbocycles. The zero-order valence-corrected chi connectivity index (χ0v) is 8.41. The van der Waals surface area contributed by atoms with E-state index in [1.165, 1.54) is 64.7 Å². The molecule has 2 saturated heterocycles. The Morgan fingerprint density at radius 2 is 0.923 bits per heavy atom. The van der Waals surface area contributed by atoms with Crippen molar-refractivity contribution in [2.75, 3.05) is 26.2 Å². The van der Waals surface area contributed by atoms with E-state index in [-0.39, 0.29) is 0 Å². The topological polar surface area (TPSA) is 20.6 Å². The highest BCUT2D eigenvalue weighted by atomic mass is 15.7. The summed E-state index contributed by atoms with van der Waals surface area (Å²) in [6.45, 7) is 4.71. The van der Waals surface area contributed by atoms with Crippen LogP contribution in [-0.4, -0.2) is 36.2 Å². The highest BCUT2D eigenvalue weighted by Crippen LogP contribution is 2.11. The summed E-state index contributed by atoms with van der Waals surface area (Å²) in [5, 5.41) is 4.52. The van der Waals surface area contributed by atoms with Gasteiger partial charge in [-0.3, -0.25) is 0 Å². The van der Waals surface area contributed by atoms with Gasteiger partial charge in [-0.1, -0.05) is 18.4 Å². The quantitative estimate of drug-likeness (QED) is 0.643. The van der Waals surface area contributed by atoms with Crippen LogP contribution in [0.2, 0.25) is 0 Å². The molecule has 0 atom stereocenters. The summed E-state index contributed by atoms with van der Waals surface area (Å²) in [6, 6.07) is 0. The number of hydrogen-bond donors (Lipinski definition) is 0. The molecule has 13 heavy (non-hydrogen) atoms. The van der Waals surface area contributed by atoms with Gasteiger partial charge in [0.25, 0.3) is 0 Å². The molecule has 2 heterocycles. The zero-order chi connectivity index (χ0) is 8.93. The Kier molecular flexibility index (Phi) is 3.58. The zero-order valence-electron chi connectivity index (χ0n) is 8.41. The van der Waals surface area contributed by atoms with Crippen molar-refractivity contribution < 1.29 is 0 Å². The maximum Gasteiger partial charge on any atom is 0.0161 e. The van der Waals surface area contributed by atoms with Gasteiger partial charge in [-0.2, -0.15) is 0 Å². The van der Waals surface area contributed by atoms with Crippen LogP contribution in [0.25, 0.3) is 0 Å². The van der Waals surface area contributed by atoms with Crippen LogP contribution in [0.1, 0.15) is 38.5 Å². The molecule has 0 aromatic rings. The number of rotatable bonds is 2. The Bertz CT molecular complexity index is 121. The first-order chi connectivity index (χ1) is 6.45. The minimum atomic E-state index is 1.18. The molecule has 0 unspecified atom stereocenters. The molecule has 0 aromatic carbocycles. The summed E-state index contributed by atoms with van der Waals surface area (Å²) in [5.74, 6) is 0. The van der Waals surface area contributed by atoms with Gasteiger partial charge in [-0.05, 0) is 25.7 Å². The Morgan fingerprint density at radius 3 is 1.31 bits per heavy atom. The van der Waals surface area contributed by atoms with Gasteiger partial charge in [0, 0.05) is 26.2 Å². The molecule has 75 valence electrons. The molecule has 0 N–H and O–H groups in total. The molecule has 2 aliphatic rings. The van der Waals surface area contributed by atoms with Crippen LogP contribution in [0, 0.1) is 0 Å². The minimum absolute atomic E-state index is 1.18. The van der Waals surface area contributed by atoms with Gasteiger partial charge >= 0.3 is 0 Å². The Morgan fingerprint density at radius 1 is 0.538 bits per heavy atom. The van der Waals surface area contributed by atoms with E-state index < -0.39 is 0 Å². The second-order valence-corrected chi connectivity index (χ2v) is 4.12. The van der Waals surface area contributed by atoms with Crippen LogP contribution in [0.3, 0.4) is 0 Å². The standard InChI is InChI=1S/C10H20N3/c1-3-7-12(8-4-1)11-13-9-5-2-6-10-13/h1-10H2. The number of nitrogens with zero attached hydrogens (tertiary/aromatic N) is 3. The summed E-state index contributed by atoms with van der Waals surface area (Å²) in [7, 11) is 0. The van der Waals surface area contributed by atoms with Crippen LogP contribution >= 0.6 is 0 Å². The van der Waals surface area contributed by atoms with E-state index in [0.29, 0.717) is 0 Å². The van der Waals surface area contributed by atoms with Gasteiger partial charge in [0.2, 0.25) is 0 Å². The third-order valence-corrected chi connectivity index (χ3v) is 2.92. The van der Waals surface area contributed by atoms with Crippen molar-refractivity contribution in [3.05, 3.63) is 0 Å². The van der Waals surface area contributed by atoms with E-state index in [1.54, 1.807) is 0 Å². The van der Waals surface area contributed by atoms with Crippen LogP contribution < -0.4 is 5.53 Å². The van der Waals surface area contributed by atoms with Gasteiger partial charge in [-0.15, -0.1) is 0 Å². The average molecular weight is 182 g/mol. The van der Waals surface area contributed by atoms with Gasteiger partial charge < -0.3 is 0 Å². The lowest BCUT2D eigenvalue weighted by Gasteiger charge is -2.32. The molecular weight excluding hydrogens is 162 g/mol. The summed E-state index contributed by atoms with van der Waals surface area (Å²) in [5.41, 5.74) is 4.66. The Hall–Kier alpha value is -0.120. The van der Waals surface area contributed by atoms with Gasteiger partial charge in [0.05, 0.1) is 0 Å². The Balaban J connectivity index is 1.69. The van der Waals surface area contributed by atoms with E-state index in [9.17, 15) is 0 Å². The van der Waals surface area contributed by atoms with Crippen molar-refractivity contribution in [2.45, 2.75) is 38.5 Å². The lowest BCUT2D eigenvalue weighted by atomic mass is 10.1. The molecule has 1 radical (unpaired) electrons. The lowest BCUT2D eigenvalue weighted by Crippen LogP contribution is -2.47. The molecule has 0 amide bonds. The first kappa shape index (κ1) is 9.44. The molecule has 0 spiro atoms. The predicted molar refractivity (Wildman–Crippen MR) is 53.0 cm³/mol. The second kappa shape index (κ2) is 4.94. The molecule has 0 saturated carbocycles. The molecule has 3 heteroatoms. The summed E-state index contributed by atoms with van der Waals surface area (Å²) >= 11 is 0. The van der Waals surface area contributed by atoms with Crippen LogP contribution in [0.15, 0.2) is 0 Å². The van der Waals surface area contributed by atoms with Crippen LogP contribution in [0.4, 0.5) is 0 Å². The summed E-state index contributed by atoms with van der Waals surface area (Å²) < 4.78 is 0. The first-order valence-corrected chi connectivity index (χ1v) is 5.66. The Labute approximate surface area is 81.0 Å². The predicted octanol–water partition coefficient (Wildman–Crippen LogP) is 1.39. The molecule has 0 aromatic heterocycles. The fraction of sp³-hybridized carbons (Fsp3) is 1.00. The summed E-state index contributed by atoms with van der Waals surface area (Å²) in [6.07, 6.45) is 8.11. The molecule has 3 nitrogen and oxygen atoms in total. The van der Waals surface area contributed by atoms with Gasteiger partial charge in [-0.25, -0.2) is 10.0 Å². The number of piperidine rings is 2. The van der Waals surface area contributed by atoms with Crippen molar-refractivity contribution in [2.24, 2.45) is 0 Å². The van der Waals surface area contributed by atoms with E-state index >= 15 is 0 Å². The minimum Gasteiger partial charge on any atom is -0.211 e. The largest absolute Gasteiger partial charge is 0.211 e.